The van der Waals surface area contributed by atoms with Crippen molar-refractivity contribution in [2.75, 3.05) is 0 Å². The Morgan fingerprint density at radius 2 is 1.78 bits per heavy atom. The second kappa shape index (κ2) is 10.6. The smallest absolute Gasteiger partial charge is 0.287 e. The van der Waals surface area contributed by atoms with Gasteiger partial charge in [0.1, 0.15) is 11.6 Å². The van der Waals surface area contributed by atoms with E-state index in [1.165, 1.54) is 55.4 Å². The molecule has 1 N–H and O–H groups in total. The molecule has 0 radical (unpaired) electrons. The van der Waals surface area contributed by atoms with Crippen LogP contribution in [-0.2, 0) is 19.6 Å². The van der Waals surface area contributed by atoms with Gasteiger partial charge in [-0.3, -0.25) is 9.69 Å². The molecule has 0 unspecified atom stereocenters. The van der Waals surface area contributed by atoms with Gasteiger partial charge in [-0.05, 0) is 55.2 Å². The maximum absolute atomic E-state index is 13.0. The van der Waals surface area contributed by atoms with Gasteiger partial charge in [0, 0.05) is 19.1 Å². The number of rotatable bonds is 8. The van der Waals surface area contributed by atoms with Crippen molar-refractivity contribution in [3.8, 4) is 0 Å². The highest BCUT2D eigenvalue weighted by molar-refractivity contribution is 5.91. The van der Waals surface area contributed by atoms with E-state index in [1.54, 1.807) is 18.2 Å². The molecule has 1 aliphatic carbocycles. The predicted molar refractivity (Wildman–Crippen MR) is 124 cm³/mol. The Labute approximate surface area is 189 Å². The predicted octanol–water partition coefficient (Wildman–Crippen LogP) is 5.99. The van der Waals surface area contributed by atoms with Crippen molar-refractivity contribution in [3.63, 3.8) is 0 Å². The van der Waals surface area contributed by atoms with Gasteiger partial charge in [0.25, 0.3) is 5.91 Å². The van der Waals surface area contributed by atoms with Crippen LogP contribution in [0.1, 0.15) is 65.1 Å². The zero-order valence-electron chi connectivity index (χ0n) is 18.6. The van der Waals surface area contributed by atoms with Crippen LogP contribution in [0.3, 0.4) is 0 Å². The second-order valence-electron chi connectivity index (χ2n) is 8.76. The topological polar surface area (TPSA) is 45.5 Å². The van der Waals surface area contributed by atoms with E-state index in [1.807, 2.05) is 6.07 Å². The average Bonchev–Trinajstić information content (AvgIpc) is 3.27. The lowest BCUT2D eigenvalue weighted by Gasteiger charge is -2.34. The summed E-state index contributed by atoms with van der Waals surface area (Å²) in [7, 11) is 0. The summed E-state index contributed by atoms with van der Waals surface area (Å²) in [5.41, 5.74) is 3.41. The number of nitrogens with zero attached hydrogens (tertiary/aromatic N) is 1. The Balaban J connectivity index is 1.40. The number of carbonyl (C=O) groups excluding carboxylic acids is 1. The van der Waals surface area contributed by atoms with Crippen LogP contribution >= 0.6 is 0 Å². The van der Waals surface area contributed by atoms with E-state index in [0.717, 1.165) is 17.9 Å². The Hall–Kier alpha value is -2.92. The summed E-state index contributed by atoms with van der Waals surface area (Å²) in [5.74, 6) is 0.559. The highest BCUT2D eigenvalue weighted by Crippen LogP contribution is 2.26. The molecule has 1 aliphatic rings. The lowest BCUT2D eigenvalue weighted by molar-refractivity contribution is 0.0913. The van der Waals surface area contributed by atoms with Crippen molar-refractivity contribution in [1.82, 2.24) is 10.2 Å². The van der Waals surface area contributed by atoms with Gasteiger partial charge < -0.3 is 9.73 Å². The first-order valence-electron chi connectivity index (χ1n) is 11.5. The number of nitrogens with one attached hydrogen (secondary N) is 1. The third kappa shape index (κ3) is 6.07. The molecule has 0 bridgehead atoms. The first-order chi connectivity index (χ1) is 15.6. The Bertz CT molecular complexity index is 1020. The zero-order chi connectivity index (χ0) is 22.3. The van der Waals surface area contributed by atoms with Gasteiger partial charge in [0.2, 0.25) is 0 Å². The lowest BCUT2D eigenvalue weighted by atomic mass is 9.93. The van der Waals surface area contributed by atoms with E-state index in [2.05, 4.69) is 41.4 Å². The summed E-state index contributed by atoms with van der Waals surface area (Å²) in [5, 5.41) is 2.84. The monoisotopic (exact) mass is 434 g/mol. The first-order valence-corrected chi connectivity index (χ1v) is 11.5. The van der Waals surface area contributed by atoms with E-state index < -0.39 is 0 Å². The number of hydrogen-bond acceptors (Lipinski definition) is 3. The average molecular weight is 435 g/mol. The Morgan fingerprint density at radius 3 is 2.53 bits per heavy atom. The summed E-state index contributed by atoms with van der Waals surface area (Å²) in [6.07, 6.45) is 6.26. The quantitative estimate of drug-likeness (QED) is 0.473. The number of carbonyl (C=O) groups is 1. The van der Waals surface area contributed by atoms with Gasteiger partial charge in [-0.25, -0.2) is 4.39 Å². The fraction of sp³-hybridized carbons (Fsp3) is 0.370. The third-order valence-corrected chi connectivity index (χ3v) is 6.17. The molecule has 1 aromatic heterocycles. The van der Waals surface area contributed by atoms with E-state index >= 15 is 0 Å². The minimum absolute atomic E-state index is 0.261. The van der Waals surface area contributed by atoms with Crippen LogP contribution in [0.5, 0.6) is 0 Å². The molecular formula is C27H31FN2O2. The highest BCUT2D eigenvalue weighted by Gasteiger charge is 2.23. The van der Waals surface area contributed by atoms with E-state index in [9.17, 15) is 9.18 Å². The molecule has 3 aromatic rings. The van der Waals surface area contributed by atoms with E-state index in [-0.39, 0.29) is 11.7 Å². The number of furan rings is 1. The molecule has 4 rings (SSSR count). The first kappa shape index (κ1) is 22.3. The van der Waals surface area contributed by atoms with Crippen molar-refractivity contribution in [1.29, 1.82) is 0 Å². The molecular weight excluding hydrogens is 403 g/mol. The van der Waals surface area contributed by atoms with Gasteiger partial charge in [0.15, 0.2) is 5.76 Å². The fourth-order valence-corrected chi connectivity index (χ4v) is 4.46. The standard InChI is InChI=1S/C27H31FN2O2/c1-20-6-5-7-22(16-20)18-30(24-8-3-2-4-9-24)19-25-14-15-26(32-25)27(31)29-17-21-10-12-23(28)13-11-21/h5-7,10-16,24H,2-4,8-9,17-19H2,1H3,(H,29,31). The van der Waals surface area contributed by atoms with Crippen LogP contribution in [0.15, 0.2) is 65.1 Å². The summed E-state index contributed by atoms with van der Waals surface area (Å²) in [6, 6.07) is 18.9. The van der Waals surface area contributed by atoms with Gasteiger partial charge in [-0.15, -0.1) is 0 Å². The number of halogens is 1. The molecule has 0 saturated heterocycles. The molecule has 1 fully saturated rings. The van der Waals surface area contributed by atoms with Gasteiger partial charge in [-0.1, -0.05) is 61.2 Å². The summed E-state index contributed by atoms with van der Waals surface area (Å²) in [4.78, 5) is 15.0. The van der Waals surface area contributed by atoms with Gasteiger partial charge >= 0.3 is 0 Å². The molecule has 1 amide bonds. The molecule has 168 valence electrons. The van der Waals surface area contributed by atoms with Crippen LogP contribution in [0.4, 0.5) is 4.39 Å². The molecule has 0 aliphatic heterocycles. The van der Waals surface area contributed by atoms with Crippen molar-refractivity contribution < 1.29 is 13.6 Å². The molecule has 2 aromatic carbocycles. The highest BCUT2D eigenvalue weighted by atomic mass is 19.1. The molecule has 1 heterocycles. The van der Waals surface area contributed by atoms with Crippen molar-refractivity contribution in [2.45, 2.75) is 64.7 Å². The van der Waals surface area contributed by atoms with Crippen LogP contribution in [0.25, 0.3) is 0 Å². The minimum Gasteiger partial charge on any atom is -0.455 e. The van der Waals surface area contributed by atoms with Crippen molar-refractivity contribution in [3.05, 3.63) is 94.7 Å². The van der Waals surface area contributed by atoms with Gasteiger partial charge in [0.05, 0.1) is 6.54 Å². The molecule has 0 atom stereocenters. The summed E-state index contributed by atoms with van der Waals surface area (Å²) >= 11 is 0. The van der Waals surface area contributed by atoms with Crippen molar-refractivity contribution >= 4 is 5.91 Å². The van der Waals surface area contributed by atoms with Crippen LogP contribution in [-0.4, -0.2) is 16.8 Å². The largest absolute Gasteiger partial charge is 0.455 e. The third-order valence-electron chi connectivity index (χ3n) is 6.17. The van der Waals surface area contributed by atoms with Crippen molar-refractivity contribution in [2.24, 2.45) is 0 Å². The molecule has 4 nitrogen and oxygen atoms in total. The number of benzene rings is 2. The van der Waals surface area contributed by atoms with Crippen LogP contribution in [0.2, 0.25) is 0 Å². The van der Waals surface area contributed by atoms with E-state index in [4.69, 9.17) is 4.42 Å². The lowest BCUT2D eigenvalue weighted by Crippen LogP contribution is -2.35. The number of aryl methyl sites for hydroxylation is 1. The Morgan fingerprint density at radius 1 is 1.00 bits per heavy atom. The number of hydrogen-bond donors (Lipinski definition) is 1. The minimum atomic E-state index is -0.288. The van der Waals surface area contributed by atoms with Crippen LogP contribution in [0, 0.1) is 12.7 Å². The maximum Gasteiger partial charge on any atom is 0.287 e. The summed E-state index contributed by atoms with van der Waals surface area (Å²) < 4.78 is 19.0. The molecule has 1 saturated carbocycles. The SMILES string of the molecule is Cc1cccc(CN(Cc2ccc(C(=O)NCc3ccc(F)cc3)o2)C2CCCCC2)c1. The molecule has 0 spiro atoms. The molecule has 32 heavy (non-hydrogen) atoms. The zero-order valence-corrected chi connectivity index (χ0v) is 18.6. The molecule has 5 heteroatoms. The fourth-order valence-electron chi connectivity index (χ4n) is 4.46. The normalized spacial score (nSPS) is 14.6. The van der Waals surface area contributed by atoms with E-state index in [0.29, 0.717) is 24.9 Å². The Kier molecular flexibility index (Phi) is 7.38. The second-order valence-corrected chi connectivity index (χ2v) is 8.76. The number of amides is 1. The summed E-state index contributed by atoms with van der Waals surface area (Å²) in [6.45, 7) is 4.01. The van der Waals surface area contributed by atoms with Crippen LogP contribution < -0.4 is 5.32 Å². The maximum atomic E-state index is 13.0. The van der Waals surface area contributed by atoms with Gasteiger partial charge in [-0.2, -0.15) is 0 Å².